The molecule has 0 bridgehead atoms. The molecule has 0 radical (unpaired) electrons. The predicted molar refractivity (Wildman–Crippen MR) is 101 cm³/mol. The highest BCUT2D eigenvalue weighted by Crippen LogP contribution is 2.27. The van der Waals surface area contributed by atoms with Gasteiger partial charge in [-0.3, -0.25) is 0 Å². The van der Waals surface area contributed by atoms with Gasteiger partial charge < -0.3 is 20.5 Å². The Balaban J connectivity index is 1.71. The number of esters is 1. The molecule has 132 valence electrons. The third-order valence-electron chi connectivity index (χ3n) is 3.77. The van der Waals surface area contributed by atoms with Crippen LogP contribution in [-0.4, -0.2) is 23.7 Å². The second-order valence-corrected chi connectivity index (χ2v) is 5.59. The normalized spacial score (nSPS) is 10.3. The lowest BCUT2D eigenvalue weighted by Crippen LogP contribution is -2.19. The van der Waals surface area contributed by atoms with E-state index >= 15 is 0 Å². The molecule has 0 saturated carbocycles. The van der Waals surface area contributed by atoms with Crippen LogP contribution in [0.5, 0.6) is 5.75 Å². The number of carbonyl (C=O) groups is 2. The quantitative estimate of drug-likeness (QED) is 0.610. The van der Waals surface area contributed by atoms with Gasteiger partial charge in [0, 0.05) is 11.1 Å². The van der Waals surface area contributed by atoms with Gasteiger partial charge in [-0.15, -0.1) is 0 Å². The van der Waals surface area contributed by atoms with Gasteiger partial charge in [-0.25, -0.2) is 9.59 Å². The first-order chi connectivity index (χ1) is 12.6. The number of rotatable bonds is 4. The van der Waals surface area contributed by atoms with E-state index < -0.39 is 12.0 Å². The number of hydrogen-bond acceptors (Lipinski definition) is 4. The van der Waals surface area contributed by atoms with E-state index in [4.69, 9.17) is 4.74 Å². The molecule has 0 saturated heterocycles. The Morgan fingerprint density at radius 2 is 1.77 bits per heavy atom. The van der Waals surface area contributed by atoms with Crippen LogP contribution in [0.25, 0.3) is 10.8 Å². The zero-order chi connectivity index (χ0) is 18.5. The number of hydrogen-bond donors (Lipinski definition) is 3. The fraction of sp³-hybridized carbons (Fsp3) is 0.100. The molecule has 0 fully saturated rings. The fourth-order valence-corrected chi connectivity index (χ4v) is 2.56. The van der Waals surface area contributed by atoms with Crippen LogP contribution in [0.3, 0.4) is 0 Å². The van der Waals surface area contributed by atoms with Gasteiger partial charge in [-0.05, 0) is 54.8 Å². The minimum Gasteiger partial charge on any atom is -0.508 e. The Morgan fingerprint density at radius 3 is 2.50 bits per heavy atom. The molecule has 0 aromatic heterocycles. The van der Waals surface area contributed by atoms with Crippen molar-refractivity contribution in [3.8, 4) is 5.75 Å². The summed E-state index contributed by atoms with van der Waals surface area (Å²) in [6.07, 6.45) is 0. The molecular formula is C20H18N2O4. The summed E-state index contributed by atoms with van der Waals surface area (Å²) in [5.74, 6) is -0.277. The summed E-state index contributed by atoms with van der Waals surface area (Å²) in [6, 6.07) is 16.4. The molecule has 0 spiro atoms. The fourth-order valence-electron chi connectivity index (χ4n) is 2.56. The highest BCUT2D eigenvalue weighted by Gasteiger charge is 2.09. The van der Waals surface area contributed by atoms with Crippen molar-refractivity contribution >= 4 is 34.1 Å². The van der Waals surface area contributed by atoms with Gasteiger partial charge in [0.05, 0.1) is 17.9 Å². The molecular weight excluding hydrogens is 332 g/mol. The van der Waals surface area contributed by atoms with Crippen molar-refractivity contribution in [3.05, 3.63) is 66.2 Å². The molecule has 6 heteroatoms. The summed E-state index contributed by atoms with van der Waals surface area (Å²) in [5, 5.41) is 16.8. The van der Waals surface area contributed by atoms with Crippen molar-refractivity contribution in [2.24, 2.45) is 0 Å². The highest BCUT2D eigenvalue weighted by molar-refractivity contribution is 6.06. The smallest absolute Gasteiger partial charge is 0.338 e. The number of phenols is 1. The van der Waals surface area contributed by atoms with E-state index in [0.717, 1.165) is 10.8 Å². The molecule has 6 nitrogen and oxygen atoms in total. The Labute approximate surface area is 150 Å². The van der Waals surface area contributed by atoms with Gasteiger partial charge in [0.15, 0.2) is 0 Å². The van der Waals surface area contributed by atoms with E-state index in [1.165, 1.54) is 0 Å². The van der Waals surface area contributed by atoms with E-state index in [-0.39, 0.29) is 5.75 Å². The molecule has 3 N–H and O–H groups in total. The first-order valence-corrected chi connectivity index (χ1v) is 8.14. The molecule has 0 aliphatic heterocycles. The van der Waals surface area contributed by atoms with Crippen molar-refractivity contribution in [1.29, 1.82) is 0 Å². The summed E-state index contributed by atoms with van der Waals surface area (Å²) in [7, 11) is 0. The first-order valence-electron chi connectivity index (χ1n) is 8.14. The molecule has 0 aliphatic rings. The molecule has 26 heavy (non-hydrogen) atoms. The number of ether oxygens (including phenoxy) is 1. The first kappa shape index (κ1) is 17.3. The largest absolute Gasteiger partial charge is 0.508 e. The SMILES string of the molecule is CCOC(=O)c1ccc(NC(=O)Nc2cccc3ccc(O)cc23)cc1. The van der Waals surface area contributed by atoms with E-state index in [1.54, 1.807) is 55.5 Å². The molecule has 0 heterocycles. The molecule has 3 aromatic rings. The van der Waals surface area contributed by atoms with E-state index in [2.05, 4.69) is 10.6 Å². The van der Waals surface area contributed by atoms with Crippen LogP contribution in [0.15, 0.2) is 60.7 Å². The number of anilines is 2. The molecule has 0 aliphatic carbocycles. The second kappa shape index (κ2) is 7.57. The van der Waals surface area contributed by atoms with Gasteiger partial charge in [-0.1, -0.05) is 18.2 Å². The average Bonchev–Trinajstić information content (AvgIpc) is 2.63. The number of phenolic OH excluding ortho intramolecular Hbond substituents is 1. The lowest BCUT2D eigenvalue weighted by atomic mass is 10.1. The average molecular weight is 350 g/mol. The van der Waals surface area contributed by atoms with E-state index in [9.17, 15) is 14.7 Å². The van der Waals surface area contributed by atoms with Gasteiger partial charge in [0.2, 0.25) is 0 Å². The molecule has 2 amide bonds. The van der Waals surface area contributed by atoms with Gasteiger partial charge >= 0.3 is 12.0 Å². The van der Waals surface area contributed by atoms with E-state index in [1.807, 2.05) is 12.1 Å². The molecule has 0 unspecified atom stereocenters. The third kappa shape index (κ3) is 3.92. The van der Waals surface area contributed by atoms with Crippen LogP contribution < -0.4 is 10.6 Å². The zero-order valence-corrected chi connectivity index (χ0v) is 14.2. The molecule has 3 rings (SSSR count). The van der Waals surface area contributed by atoms with Gasteiger partial charge in [-0.2, -0.15) is 0 Å². The van der Waals surface area contributed by atoms with Crippen LogP contribution in [0.1, 0.15) is 17.3 Å². The predicted octanol–water partition coefficient (Wildman–Crippen LogP) is 4.37. The Kier molecular flexibility index (Phi) is 5.03. The number of benzene rings is 3. The van der Waals surface area contributed by atoms with Crippen LogP contribution in [0.4, 0.5) is 16.2 Å². The summed E-state index contributed by atoms with van der Waals surface area (Å²) in [6.45, 7) is 2.05. The number of carbonyl (C=O) groups excluding carboxylic acids is 2. The Hall–Kier alpha value is -3.54. The van der Waals surface area contributed by atoms with Crippen molar-refractivity contribution < 1.29 is 19.4 Å². The maximum Gasteiger partial charge on any atom is 0.338 e. The van der Waals surface area contributed by atoms with Gasteiger partial charge in [0.25, 0.3) is 0 Å². The number of urea groups is 1. The monoisotopic (exact) mass is 350 g/mol. The minimum atomic E-state index is -0.426. The lowest BCUT2D eigenvalue weighted by molar-refractivity contribution is 0.0526. The summed E-state index contributed by atoms with van der Waals surface area (Å²) < 4.78 is 4.92. The van der Waals surface area contributed by atoms with Crippen molar-refractivity contribution in [1.82, 2.24) is 0 Å². The summed E-state index contributed by atoms with van der Waals surface area (Å²) in [5.41, 5.74) is 1.54. The number of fused-ring (bicyclic) bond motifs is 1. The number of amides is 2. The lowest BCUT2D eigenvalue weighted by Gasteiger charge is -2.11. The minimum absolute atomic E-state index is 0.127. The maximum absolute atomic E-state index is 12.3. The highest BCUT2D eigenvalue weighted by atomic mass is 16.5. The summed E-state index contributed by atoms with van der Waals surface area (Å²) in [4.78, 5) is 23.9. The van der Waals surface area contributed by atoms with Crippen molar-refractivity contribution in [2.75, 3.05) is 17.2 Å². The Morgan fingerprint density at radius 1 is 1.00 bits per heavy atom. The number of nitrogens with one attached hydrogen (secondary N) is 2. The van der Waals surface area contributed by atoms with E-state index in [0.29, 0.717) is 23.5 Å². The molecule has 0 atom stereocenters. The van der Waals surface area contributed by atoms with Gasteiger partial charge in [0.1, 0.15) is 5.75 Å². The van der Waals surface area contributed by atoms with Crippen LogP contribution in [-0.2, 0) is 4.74 Å². The molecule has 3 aromatic carbocycles. The van der Waals surface area contributed by atoms with Crippen molar-refractivity contribution in [2.45, 2.75) is 6.92 Å². The van der Waals surface area contributed by atoms with Crippen LogP contribution >= 0.6 is 0 Å². The standard InChI is InChI=1S/C20H18N2O4/c1-2-26-19(24)14-6-9-15(10-7-14)21-20(25)22-18-5-3-4-13-8-11-16(23)12-17(13)18/h3-12,23H,2H2,1H3,(H2,21,22,25). The van der Waals surface area contributed by atoms with Crippen LogP contribution in [0.2, 0.25) is 0 Å². The van der Waals surface area contributed by atoms with Crippen molar-refractivity contribution in [3.63, 3.8) is 0 Å². The van der Waals surface area contributed by atoms with Crippen LogP contribution in [0, 0.1) is 0 Å². The maximum atomic E-state index is 12.3. The number of aromatic hydroxyl groups is 1. The second-order valence-electron chi connectivity index (χ2n) is 5.59. The topological polar surface area (TPSA) is 87.7 Å². The third-order valence-corrected chi connectivity index (χ3v) is 3.77. The Bertz CT molecular complexity index is 952. The zero-order valence-electron chi connectivity index (χ0n) is 14.2. The summed E-state index contributed by atoms with van der Waals surface area (Å²) >= 11 is 0.